The van der Waals surface area contributed by atoms with Gasteiger partial charge in [-0.3, -0.25) is 4.79 Å². The van der Waals surface area contributed by atoms with Gasteiger partial charge in [0.25, 0.3) is 0 Å². The van der Waals surface area contributed by atoms with Crippen molar-refractivity contribution < 1.29 is 19.1 Å². The summed E-state index contributed by atoms with van der Waals surface area (Å²) in [7, 11) is 1.23. The number of carbonyl (C=O) groups excluding carboxylic acids is 2. The van der Waals surface area contributed by atoms with Crippen LogP contribution in [0.1, 0.15) is 13.3 Å². The van der Waals surface area contributed by atoms with Gasteiger partial charge < -0.3 is 9.47 Å². The van der Waals surface area contributed by atoms with E-state index in [-0.39, 0.29) is 11.6 Å². The van der Waals surface area contributed by atoms with Crippen LogP contribution in [0.4, 0.5) is 0 Å². The summed E-state index contributed by atoms with van der Waals surface area (Å²) < 4.78 is 9.66. The molecule has 3 rings (SSSR count). The first kappa shape index (κ1) is 11.7. The number of hydrogen-bond acceptors (Lipinski definition) is 5. The summed E-state index contributed by atoms with van der Waals surface area (Å²) in [6.45, 7) is 1.59. The minimum Gasteiger partial charge on any atom is -0.469 e. The van der Waals surface area contributed by atoms with Crippen LogP contribution < -0.4 is 0 Å². The van der Waals surface area contributed by atoms with Crippen molar-refractivity contribution in [2.45, 2.75) is 23.9 Å². The van der Waals surface area contributed by atoms with Crippen LogP contribution in [0.15, 0.2) is 4.99 Å². The summed E-state index contributed by atoms with van der Waals surface area (Å²) in [5.74, 6) is -2.22. The SMILES string of the molecule is COC(=O)[C@H]1C[C@@]2(C)OC(=O)[C@]1(Cl)N=C2Cl. The number of ether oxygens (including phenoxy) is 2. The van der Waals surface area contributed by atoms with Gasteiger partial charge in [0.1, 0.15) is 11.1 Å². The smallest absolute Gasteiger partial charge is 0.351 e. The lowest BCUT2D eigenvalue weighted by Crippen LogP contribution is -2.62. The Labute approximate surface area is 102 Å². The molecule has 3 aliphatic rings. The minimum atomic E-state index is -1.78. The van der Waals surface area contributed by atoms with Crippen LogP contribution in [0, 0.1) is 5.92 Å². The van der Waals surface area contributed by atoms with Gasteiger partial charge in [-0.2, -0.15) is 0 Å². The molecular formula is C9H9Cl2NO4. The molecule has 0 aromatic heterocycles. The van der Waals surface area contributed by atoms with E-state index < -0.39 is 28.5 Å². The number of aliphatic imine (C=N–C) groups is 1. The third kappa shape index (κ3) is 1.34. The molecule has 3 heterocycles. The molecule has 0 saturated carbocycles. The first-order valence-electron chi connectivity index (χ1n) is 4.59. The number of nitrogens with zero attached hydrogens (tertiary/aromatic N) is 1. The fourth-order valence-electron chi connectivity index (χ4n) is 1.88. The Morgan fingerprint density at radius 3 is 2.88 bits per heavy atom. The third-order valence-electron chi connectivity index (χ3n) is 2.84. The zero-order valence-corrected chi connectivity index (χ0v) is 10.1. The summed E-state index contributed by atoms with van der Waals surface area (Å²) in [5, 5.41) is 0.0993. The quantitative estimate of drug-likeness (QED) is 0.404. The molecule has 0 radical (unpaired) electrons. The molecule has 2 bridgehead atoms. The largest absolute Gasteiger partial charge is 0.469 e. The lowest BCUT2D eigenvalue weighted by molar-refractivity contribution is -0.177. The molecule has 3 aliphatic heterocycles. The number of rotatable bonds is 1. The molecule has 5 nitrogen and oxygen atoms in total. The van der Waals surface area contributed by atoms with Crippen LogP contribution in [-0.2, 0) is 19.1 Å². The molecule has 3 atom stereocenters. The van der Waals surface area contributed by atoms with E-state index in [1.54, 1.807) is 6.92 Å². The maximum absolute atomic E-state index is 11.6. The molecule has 1 fully saturated rings. The second kappa shape index (κ2) is 3.34. The van der Waals surface area contributed by atoms with Crippen LogP contribution in [0.25, 0.3) is 0 Å². The van der Waals surface area contributed by atoms with E-state index in [1.807, 2.05) is 0 Å². The lowest BCUT2D eigenvalue weighted by atomic mass is 9.81. The van der Waals surface area contributed by atoms with Gasteiger partial charge in [0, 0.05) is 6.42 Å². The average molecular weight is 266 g/mol. The molecule has 0 amide bonds. The van der Waals surface area contributed by atoms with Crippen LogP contribution >= 0.6 is 23.2 Å². The molecule has 0 N–H and O–H groups in total. The monoisotopic (exact) mass is 265 g/mol. The van der Waals surface area contributed by atoms with Gasteiger partial charge >= 0.3 is 11.9 Å². The predicted molar refractivity (Wildman–Crippen MR) is 56.5 cm³/mol. The Morgan fingerprint density at radius 2 is 2.31 bits per heavy atom. The van der Waals surface area contributed by atoms with Crippen molar-refractivity contribution >= 4 is 40.3 Å². The molecule has 0 aliphatic carbocycles. The number of halogens is 2. The van der Waals surface area contributed by atoms with Crippen molar-refractivity contribution in [3.63, 3.8) is 0 Å². The molecule has 0 aromatic rings. The Bertz CT molecular complexity index is 410. The van der Waals surface area contributed by atoms with E-state index in [2.05, 4.69) is 9.73 Å². The van der Waals surface area contributed by atoms with Gasteiger partial charge in [0.15, 0.2) is 5.60 Å². The first-order valence-corrected chi connectivity index (χ1v) is 5.35. The van der Waals surface area contributed by atoms with Crippen molar-refractivity contribution in [1.29, 1.82) is 0 Å². The lowest BCUT2D eigenvalue weighted by Gasteiger charge is -2.46. The minimum absolute atomic E-state index is 0.0993. The summed E-state index contributed by atoms with van der Waals surface area (Å²) in [6, 6.07) is 0. The number of fused-ring (bicyclic) bond motifs is 2. The van der Waals surface area contributed by atoms with Gasteiger partial charge in [-0.05, 0) is 6.92 Å². The highest BCUT2D eigenvalue weighted by atomic mass is 35.5. The van der Waals surface area contributed by atoms with E-state index in [1.165, 1.54) is 7.11 Å². The van der Waals surface area contributed by atoms with Gasteiger partial charge in [-0.15, -0.1) is 0 Å². The Hall–Kier alpha value is -0.810. The van der Waals surface area contributed by atoms with E-state index in [0.717, 1.165) is 0 Å². The second-order valence-corrected chi connectivity index (χ2v) is 4.91. The molecule has 1 saturated heterocycles. The highest BCUT2D eigenvalue weighted by Crippen LogP contribution is 2.48. The first-order chi connectivity index (χ1) is 7.33. The van der Waals surface area contributed by atoms with Crippen molar-refractivity contribution in [1.82, 2.24) is 0 Å². The zero-order valence-electron chi connectivity index (χ0n) is 8.62. The highest BCUT2D eigenvalue weighted by Gasteiger charge is 2.64. The van der Waals surface area contributed by atoms with Crippen molar-refractivity contribution in [2.75, 3.05) is 7.11 Å². The number of methoxy groups -OCH3 is 1. The Kier molecular flexibility index (Phi) is 2.44. The third-order valence-corrected chi connectivity index (χ3v) is 3.83. The summed E-state index contributed by atoms with van der Waals surface area (Å²) >= 11 is 11.9. The molecular weight excluding hydrogens is 257 g/mol. The number of hydrogen-bond donors (Lipinski definition) is 0. The van der Waals surface area contributed by atoms with Gasteiger partial charge in [0.05, 0.1) is 7.11 Å². The maximum Gasteiger partial charge on any atom is 0.351 e. The normalized spacial score (nSPS) is 41.4. The highest BCUT2D eigenvalue weighted by molar-refractivity contribution is 6.68. The van der Waals surface area contributed by atoms with E-state index in [0.29, 0.717) is 0 Å². The fraction of sp³-hybridized carbons (Fsp3) is 0.667. The summed E-state index contributed by atoms with van der Waals surface area (Å²) in [4.78, 5) is 25.2. The Balaban J connectivity index is 2.49. The molecule has 88 valence electrons. The van der Waals surface area contributed by atoms with E-state index in [9.17, 15) is 9.59 Å². The van der Waals surface area contributed by atoms with Gasteiger partial charge in [0.2, 0.25) is 5.00 Å². The number of esters is 2. The molecule has 7 heteroatoms. The van der Waals surface area contributed by atoms with Crippen LogP contribution in [0.3, 0.4) is 0 Å². The van der Waals surface area contributed by atoms with Gasteiger partial charge in [-0.1, -0.05) is 23.2 Å². The molecule has 0 aromatic carbocycles. The summed E-state index contributed by atoms with van der Waals surface area (Å²) in [5.41, 5.74) is -1.08. The molecule has 0 unspecified atom stereocenters. The Morgan fingerprint density at radius 1 is 1.69 bits per heavy atom. The maximum atomic E-state index is 11.6. The van der Waals surface area contributed by atoms with Crippen LogP contribution in [0.2, 0.25) is 0 Å². The zero-order chi connectivity index (χ0) is 12.1. The van der Waals surface area contributed by atoms with Crippen molar-refractivity contribution in [2.24, 2.45) is 10.9 Å². The average Bonchev–Trinajstić information content (AvgIpc) is 2.21. The van der Waals surface area contributed by atoms with E-state index >= 15 is 0 Å². The fourth-order valence-corrected chi connectivity index (χ4v) is 2.46. The van der Waals surface area contributed by atoms with Crippen LogP contribution in [0.5, 0.6) is 0 Å². The molecule has 16 heavy (non-hydrogen) atoms. The second-order valence-electron chi connectivity index (χ2n) is 3.98. The number of alkyl halides is 1. The molecule has 0 spiro atoms. The predicted octanol–water partition coefficient (Wildman–Crippen LogP) is 1.07. The standard InChI is InChI=1S/C9H9Cl2NO4/c1-8-3-4(5(13)15-2)9(11,7(14)16-8)12-6(8)10/h4H,3H2,1-2H3/t4-,8-,9-/m1/s1. The topological polar surface area (TPSA) is 65.0 Å². The van der Waals surface area contributed by atoms with Crippen LogP contribution in [-0.4, -0.2) is 34.8 Å². The van der Waals surface area contributed by atoms with Crippen molar-refractivity contribution in [3.05, 3.63) is 0 Å². The van der Waals surface area contributed by atoms with Gasteiger partial charge in [-0.25, -0.2) is 9.79 Å². The van der Waals surface area contributed by atoms with Crippen molar-refractivity contribution in [3.8, 4) is 0 Å². The summed E-state index contributed by atoms with van der Waals surface area (Å²) in [6.07, 6.45) is 0.178. The van der Waals surface area contributed by atoms with E-state index in [4.69, 9.17) is 27.9 Å². The number of carbonyl (C=O) groups is 2.